The molecule has 0 aliphatic rings. The van der Waals surface area contributed by atoms with Gasteiger partial charge in [-0.15, -0.1) is 0 Å². The Labute approximate surface area is 98.8 Å². The fourth-order valence-electron chi connectivity index (χ4n) is 1.75. The van der Waals surface area contributed by atoms with E-state index in [1.54, 1.807) is 0 Å². The standard InChI is InChI=1S/C13H23NO2/c1-4-5-6-9-13(16-12(3)15)11(2)8-7-10-14/h11,13H,4-9H2,1-3H3/t11-,13-/m0/s1. The summed E-state index contributed by atoms with van der Waals surface area (Å²) in [4.78, 5) is 11.0. The molecule has 16 heavy (non-hydrogen) atoms. The Bertz CT molecular complexity index is 233. The summed E-state index contributed by atoms with van der Waals surface area (Å²) in [7, 11) is 0. The van der Waals surface area contributed by atoms with E-state index in [4.69, 9.17) is 10.00 Å². The number of carbonyl (C=O) groups excluding carboxylic acids is 1. The molecule has 2 atom stereocenters. The molecule has 0 aliphatic heterocycles. The minimum absolute atomic E-state index is 0.0163. The predicted molar refractivity (Wildman–Crippen MR) is 63.7 cm³/mol. The predicted octanol–water partition coefficient (Wildman–Crippen LogP) is 3.44. The molecule has 3 nitrogen and oxygen atoms in total. The first kappa shape index (κ1) is 15.0. The van der Waals surface area contributed by atoms with E-state index < -0.39 is 0 Å². The molecule has 0 saturated carbocycles. The zero-order valence-electron chi connectivity index (χ0n) is 10.7. The molecule has 0 saturated heterocycles. The maximum atomic E-state index is 11.0. The fraction of sp³-hybridized carbons (Fsp3) is 0.846. The number of hydrogen-bond donors (Lipinski definition) is 0. The molecule has 0 rings (SSSR count). The first-order chi connectivity index (χ1) is 7.61. The van der Waals surface area contributed by atoms with Crippen molar-refractivity contribution in [1.29, 1.82) is 5.26 Å². The number of unbranched alkanes of at least 4 members (excludes halogenated alkanes) is 2. The molecule has 0 aromatic rings. The molecule has 0 aromatic heterocycles. The van der Waals surface area contributed by atoms with Crippen molar-refractivity contribution in [2.45, 2.75) is 65.4 Å². The second-order valence-electron chi connectivity index (χ2n) is 4.32. The third-order valence-corrected chi connectivity index (χ3v) is 2.76. The van der Waals surface area contributed by atoms with Crippen LogP contribution in [0.15, 0.2) is 0 Å². The third-order valence-electron chi connectivity index (χ3n) is 2.76. The molecule has 0 radical (unpaired) electrons. The molecule has 92 valence electrons. The highest BCUT2D eigenvalue weighted by molar-refractivity contribution is 5.66. The quantitative estimate of drug-likeness (QED) is 0.469. The van der Waals surface area contributed by atoms with E-state index in [1.165, 1.54) is 19.8 Å². The molecule has 0 aromatic carbocycles. The monoisotopic (exact) mass is 225 g/mol. The normalized spacial score (nSPS) is 13.9. The summed E-state index contributed by atoms with van der Waals surface area (Å²) in [5.41, 5.74) is 0. The minimum Gasteiger partial charge on any atom is -0.462 e. The van der Waals surface area contributed by atoms with E-state index >= 15 is 0 Å². The van der Waals surface area contributed by atoms with E-state index in [0.29, 0.717) is 6.42 Å². The van der Waals surface area contributed by atoms with Crippen molar-refractivity contribution in [2.75, 3.05) is 0 Å². The van der Waals surface area contributed by atoms with Crippen LogP contribution in [0.2, 0.25) is 0 Å². The second kappa shape index (κ2) is 9.21. The lowest BCUT2D eigenvalue weighted by molar-refractivity contribution is -0.149. The number of rotatable bonds is 8. The molecule has 0 aliphatic carbocycles. The number of nitrogens with zero attached hydrogens (tertiary/aromatic N) is 1. The van der Waals surface area contributed by atoms with Crippen LogP contribution >= 0.6 is 0 Å². The summed E-state index contributed by atoms with van der Waals surface area (Å²) in [6.45, 7) is 5.65. The van der Waals surface area contributed by atoms with Crippen LogP contribution in [0, 0.1) is 17.2 Å². The molecule has 0 unspecified atom stereocenters. The molecule has 0 heterocycles. The molecule has 3 heteroatoms. The van der Waals surface area contributed by atoms with Gasteiger partial charge in [-0.25, -0.2) is 0 Å². The van der Waals surface area contributed by atoms with Crippen LogP contribution in [-0.4, -0.2) is 12.1 Å². The molecule has 0 amide bonds. The van der Waals surface area contributed by atoms with Gasteiger partial charge in [-0.3, -0.25) is 4.79 Å². The van der Waals surface area contributed by atoms with E-state index in [2.05, 4.69) is 19.9 Å². The molecule has 0 bridgehead atoms. The largest absolute Gasteiger partial charge is 0.462 e. The third kappa shape index (κ3) is 7.28. The van der Waals surface area contributed by atoms with Crippen molar-refractivity contribution in [2.24, 2.45) is 5.92 Å². The first-order valence-corrected chi connectivity index (χ1v) is 6.16. The van der Waals surface area contributed by atoms with Crippen LogP contribution in [-0.2, 0) is 9.53 Å². The Morgan fingerprint density at radius 2 is 2.06 bits per heavy atom. The lowest BCUT2D eigenvalue weighted by Gasteiger charge is -2.23. The van der Waals surface area contributed by atoms with Gasteiger partial charge in [-0.05, 0) is 25.2 Å². The number of hydrogen-bond acceptors (Lipinski definition) is 3. The Morgan fingerprint density at radius 3 is 2.56 bits per heavy atom. The maximum Gasteiger partial charge on any atom is 0.302 e. The topological polar surface area (TPSA) is 50.1 Å². The van der Waals surface area contributed by atoms with Gasteiger partial charge in [0, 0.05) is 13.3 Å². The molecular weight excluding hydrogens is 202 g/mol. The first-order valence-electron chi connectivity index (χ1n) is 6.16. The van der Waals surface area contributed by atoms with Crippen molar-refractivity contribution < 1.29 is 9.53 Å². The van der Waals surface area contributed by atoms with E-state index in [1.807, 2.05) is 0 Å². The van der Waals surface area contributed by atoms with Crippen LogP contribution < -0.4 is 0 Å². The van der Waals surface area contributed by atoms with Gasteiger partial charge in [0.2, 0.25) is 0 Å². The van der Waals surface area contributed by atoms with Gasteiger partial charge in [-0.2, -0.15) is 5.26 Å². The van der Waals surface area contributed by atoms with Crippen LogP contribution in [0.1, 0.15) is 59.3 Å². The SMILES string of the molecule is CCCCC[C@H](OC(C)=O)[C@@H](C)CCC#N. The Morgan fingerprint density at radius 1 is 1.38 bits per heavy atom. The van der Waals surface area contributed by atoms with E-state index in [9.17, 15) is 4.79 Å². The van der Waals surface area contributed by atoms with Crippen LogP contribution in [0.3, 0.4) is 0 Å². The summed E-state index contributed by atoms with van der Waals surface area (Å²) in [6.07, 6.45) is 5.66. The number of esters is 1. The Hall–Kier alpha value is -1.04. The van der Waals surface area contributed by atoms with Crippen LogP contribution in [0.4, 0.5) is 0 Å². The average Bonchev–Trinajstić information content (AvgIpc) is 2.24. The highest BCUT2D eigenvalue weighted by Gasteiger charge is 2.19. The van der Waals surface area contributed by atoms with Gasteiger partial charge in [0.25, 0.3) is 0 Å². The van der Waals surface area contributed by atoms with Crippen molar-refractivity contribution in [1.82, 2.24) is 0 Å². The fourth-order valence-corrected chi connectivity index (χ4v) is 1.75. The smallest absolute Gasteiger partial charge is 0.302 e. The van der Waals surface area contributed by atoms with Gasteiger partial charge in [-0.1, -0.05) is 26.7 Å². The number of carbonyl (C=O) groups is 1. The zero-order chi connectivity index (χ0) is 12.4. The Kier molecular flexibility index (Phi) is 8.61. The van der Waals surface area contributed by atoms with Crippen molar-refractivity contribution in [3.63, 3.8) is 0 Å². The summed E-state index contributed by atoms with van der Waals surface area (Å²) in [5.74, 6) is 0.0608. The van der Waals surface area contributed by atoms with Gasteiger partial charge in [0.05, 0.1) is 6.07 Å². The van der Waals surface area contributed by atoms with Crippen LogP contribution in [0.5, 0.6) is 0 Å². The van der Waals surface area contributed by atoms with Crippen molar-refractivity contribution in [3.8, 4) is 6.07 Å². The lowest BCUT2D eigenvalue weighted by Crippen LogP contribution is -2.24. The average molecular weight is 225 g/mol. The minimum atomic E-state index is -0.217. The molecule has 0 N–H and O–H groups in total. The van der Waals surface area contributed by atoms with E-state index in [0.717, 1.165) is 19.3 Å². The molecular formula is C13H23NO2. The molecule has 0 spiro atoms. The van der Waals surface area contributed by atoms with Gasteiger partial charge < -0.3 is 4.74 Å². The highest BCUT2D eigenvalue weighted by atomic mass is 16.5. The number of ether oxygens (including phenoxy) is 1. The van der Waals surface area contributed by atoms with Gasteiger partial charge in [0.1, 0.15) is 6.10 Å². The van der Waals surface area contributed by atoms with E-state index in [-0.39, 0.29) is 18.0 Å². The Balaban J connectivity index is 4.07. The van der Waals surface area contributed by atoms with Crippen molar-refractivity contribution >= 4 is 5.97 Å². The summed E-state index contributed by atoms with van der Waals surface area (Å²) < 4.78 is 5.31. The second-order valence-corrected chi connectivity index (χ2v) is 4.32. The van der Waals surface area contributed by atoms with Crippen LogP contribution in [0.25, 0.3) is 0 Å². The number of nitriles is 1. The lowest BCUT2D eigenvalue weighted by atomic mass is 9.95. The maximum absolute atomic E-state index is 11.0. The summed E-state index contributed by atoms with van der Waals surface area (Å²) in [5, 5.41) is 8.54. The van der Waals surface area contributed by atoms with Crippen molar-refractivity contribution in [3.05, 3.63) is 0 Å². The summed E-state index contributed by atoms with van der Waals surface area (Å²) >= 11 is 0. The summed E-state index contributed by atoms with van der Waals surface area (Å²) in [6, 6.07) is 2.13. The van der Waals surface area contributed by atoms with Gasteiger partial charge >= 0.3 is 5.97 Å². The van der Waals surface area contributed by atoms with Gasteiger partial charge in [0.15, 0.2) is 0 Å². The molecule has 0 fully saturated rings. The highest BCUT2D eigenvalue weighted by Crippen LogP contribution is 2.19. The zero-order valence-corrected chi connectivity index (χ0v) is 10.7.